The van der Waals surface area contributed by atoms with E-state index >= 15 is 0 Å². The van der Waals surface area contributed by atoms with Crippen LogP contribution in [0.3, 0.4) is 0 Å². The van der Waals surface area contributed by atoms with Crippen LogP contribution in [0.25, 0.3) is 0 Å². The third kappa shape index (κ3) is 4.91. The summed E-state index contributed by atoms with van der Waals surface area (Å²) < 4.78 is 34.0. The van der Waals surface area contributed by atoms with Gasteiger partial charge in [-0.05, 0) is 102 Å². The second-order valence-corrected chi connectivity index (χ2v) is 17.1. The van der Waals surface area contributed by atoms with Gasteiger partial charge in [0.2, 0.25) is 11.6 Å². The van der Waals surface area contributed by atoms with Gasteiger partial charge in [0, 0.05) is 44.2 Å². The van der Waals surface area contributed by atoms with Crippen LogP contribution in [0.5, 0.6) is 0 Å². The van der Waals surface area contributed by atoms with Crippen molar-refractivity contribution in [2.45, 2.75) is 167 Å². The molecule has 8 aliphatic heterocycles. The zero-order valence-corrected chi connectivity index (χ0v) is 30.3. The summed E-state index contributed by atoms with van der Waals surface area (Å²) >= 11 is 0. The first kappa shape index (κ1) is 34.1. The fourth-order valence-corrected chi connectivity index (χ4v) is 11.8. The maximum absolute atomic E-state index is 13.8. The molecule has 8 saturated heterocycles. The SMILES string of the molecule is CCN(CC)C(=O)O[C@@H](C[C@H]1O[C@@H]2O[C@]3(C)CC[C@H]4[C@H](C)CC[C@@H]([C@H]1C)[C@@]24OO3)C1O[C@@H]2O[C@]3(C)CC[C@H]4[C@H](C)CC[C@@H]([C@H]1C)[C@@]24OO3. The Labute approximate surface area is 286 Å². The van der Waals surface area contributed by atoms with Gasteiger partial charge < -0.3 is 28.6 Å². The Balaban J connectivity index is 1.13. The number of fused-ring (bicyclic) bond motifs is 4. The van der Waals surface area contributed by atoms with Gasteiger partial charge >= 0.3 is 6.09 Å². The molecule has 1 amide bonds. The highest BCUT2D eigenvalue weighted by Gasteiger charge is 2.72. The van der Waals surface area contributed by atoms with Crippen LogP contribution in [0.4, 0.5) is 4.79 Å². The molecule has 11 heteroatoms. The molecule has 0 aromatic carbocycles. The third-order valence-electron chi connectivity index (χ3n) is 14.6. The average molecular weight is 678 g/mol. The third-order valence-corrected chi connectivity index (χ3v) is 14.6. The quantitative estimate of drug-likeness (QED) is 0.282. The lowest BCUT2D eigenvalue weighted by Gasteiger charge is -2.62. The van der Waals surface area contributed by atoms with Crippen molar-refractivity contribution >= 4 is 6.09 Å². The first-order valence-corrected chi connectivity index (χ1v) is 19.2. The van der Waals surface area contributed by atoms with Crippen LogP contribution in [0.1, 0.15) is 113 Å². The number of nitrogens with zero attached hydrogens (tertiary/aromatic N) is 1. The van der Waals surface area contributed by atoms with Crippen LogP contribution in [0.15, 0.2) is 0 Å². The molecule has 0 radical (unpaired) electrons. The Hall–Kier alpha value is -1.05. The summed E-state index contributed by atoms with van der Waals surface area (Å²) in [6.07, 6.45) is 5.43. The molecule has 48 heavy (non-hydrogen) atoms. The minimum atomic E-state index is -0.881. The Kier molecular flexibility index (Phi) is 8.52. The fraction of sp³-hybridized carbons (Fsp3) is 0.973. The van der Waals surface area contributed by atoms with Crippen LogP contribution >= 0.6 is 0 Å². The highest BCUT2D eigenvalue weighted by atomic mass is 17.3. The zero-order valence-electron chi connectivity index (χ0n) is 30.3. The van der Waals surface area contributed by atoms with Gasteiger partial charge in [0.25, 0.3) is 0 Å². The molecule has 10 rings (SSSR count). The molecule has 17 atom stereocenters. The monoisotopic (exact) mass is 677 g/mol. The summed E-state index contributed by atoms with van der Waals surface area (Å²) in [6, 6.07) is 0. The van der Waals surface area contributed by atoms with Crippen LogP contribution in [-0.4, -0.2) is 77.8 Å². The topological polar surface area (TPSA) is 103 Å². The largest absolute Gasteiger partial charge is 0.443 e. The maximum atomic E-state index is 13.8. The van der Waals surface area contributed by atoms with Crippen LogP contribution in [0.2, 0.25) is 0 Å². The van der Waals surface area contributed by atoms with E-state index in [0.717, 1.165) is 51.4 Å². The van der Waals surface area contributed by atoms with E-state index in [1.165, 1.54) is 0 Å². The van der Waals surface area contributed by atoms with E-state index in [0.29, 0.717) is 31.3 Å². The highest BCUT2D eigenvalue weighted by Crippen LogP contribution is 2.63. The van der Waals surface area contributed by atoms with E-state index in [4.69, 9.17) is 43.2 Å². The molecule has 10 fully saturated rings. The Bertz CT molecular complexity index is 1230. The number of ether oxygens (including phenoxy) is 5. The lowest BCUT2D eigenvalue weighted by molar-refractivity contribution is -0.573. The second kappa shape index (κ2) is 12.0. The van der Waals surface area contributed by atoms with Crippen molar-refractivity contribution in [1.29, 1.82) is 0 Å². The minimum Gasteiger partial charge on any atom is -0.443 e. The predicted molar refractivity (Wildman–Crippen MR) is 171 cm³/mol. The van der Waals surface area contributed by atoms with Gasteiger partial charge in [0.05, 0.1) is 6.10 Å². The smallest absolute Gasteiger partial charge is 0.410 e. The van der Waals surface area contributed by atoms with Crippen molar-refractivity contribution in [3.05, 3.63) is 0 Å². The molecule has 8 heterocycles. The summed E-state index contributed by atoms with van der Waals surface area (Å²) in [4.78, 5) is 40.5. The second-order valence-electron chi connectivity index (χ2n) is 17.1. The van der Waals surface area contributed by atoms with Gasteiger partial charge in [-0.15, -0.1) is 0 Å². The number of hydrogen-bond acceptors (Lipinski definition) is 10. The molecule has 0 aromatic heterocycles. The molecular weight excluding hydrogens is 618 g/mol. The Morgan fingerprint density at radius 1 is 0.708 bits per heavy atom. The molecule has 4 bridgehead atoms. The average Bonchev–Trinajstić information content (AvgIpc) is 3.43. The molecule has 0 aromatic rings. The summed E-state index contributed by atoms with van der Waals surface area (Å²) in [5.41, 5.74) is -1.34. The predicted octanol–water partition coefficient (Wildman–Crippen LogP) is 6.72. The van der Waals surface area contributed by atoms with Crippen molar-refractivity contribution < 1.29 is 48.0 Å². The first-order chi connectivity index (χ1) is 22.9. The molecule has 2 aliphatic carbocycles. The number of rotatable bonds is 6. The van der Waals surface area contributed by atoms with Crippen LogP contribution in [0, 0.1) is 47.3 Å². The van der Waals surface area contributed by atoms with Gasteiger partial charge in [0.15, 0.2) is 23.8 Å². The molecule has 2 saturated carbocycles. The highest BCUT2D eigenvalue weighted by molar-refractivity contribution is 5.67. The van der Waals surface area contributed by atoms with E-state index in [-0.39, 0.29) is 47.7 Å². The normalized spacial score (nSPS) is 54.3. The Morgan fingerprint density at radius 2 is 1.23 bits per heavy atom. The van der Waals surface area contributed by atoms with Crippen LogP contribution in [-0.2, 0) is 43.2 Å². The molecule has 1 unspecified atom stereocenters. The van der Waals surface area contributed by atoms with Gasteiger partial charge in [-0.3, -0.25) is 0 Å². The molecule has 11 nitrogen and oxygen atoms in total. The summed E-state index contributed by atoms with van der Waals surface area (Å²) in [5, 5.41) is 0. The van der Waals surface area contributed by atoms with E-state index < -0.39 is 47.6 Å². The maximum Gasteiger partial charge on any atom is 0.410 e. The number of amides is 1. The lowest BCUT2D eigenvalue weighted by atomic mass is 9.56. The minimum absolute atomic E-state index is 0.0198. The molecular formula is C37H59NO10. The van der Waals surface area contributed by atoms with Crippen molar-refractivity contribution in [3.63, 3.8) is 0 Å². The van der Waals surface area contributed by atoms with Crippen molar-refractivity contribution in [1.82, 2.24) is 4.90 Å². The number of carbonyl (C=O) groups excluding carboxylic acids is 1. The van der Waals surface area contributed by atoms with Gasteiger partial charge in [-0.1, -0.05) is 27.7 Å². The van der Waals surface area contributed by atoms with Gasteiger partial charge in [-0.25, -0.2) is 24.3 Å². The van der Waals surface area contributed by atoms with Crippen molar-refractivity contribution in [3.8, 4) is 0 Å². The molecule has 272 valence electrons. The fourth-order valence-electron chi connectivity index (χ4n) is 11.8. The first-order valence-electron chi connectivity index (χ1n) is 19.2. The van der Waals surface area contributed by atoms with E-state index in [1.54, 1.807) is 4.90 Å². The molecule has 0 N–H and O–H groups in total. The standard InChI is InChI=1S/C37H59NO10/c1-9-38(10-2)33(39)41-29(30-23(6)27-14-12-21(4)25-16-18-35(8)44-32(42-30)37(25,27)48-46-35)19-28-22(5)26-13-11-20(3)24-15-17-34(7)43-31(40-28)36(24,26)47-45-34/h20-32H,9-19H2,1-8H3/t20-,21-,22-,23-,24+,25+,26+,27+,28-,29+,30?,31-,32-,34+,35+,36-,37-/m1/s1. The van der Waals surface area contributed by atoms with Gasteiger partial charge in [-0.2, -0.15) is 0 Å². The van der Waals surface area contributed by atoms with E-state index in [9.17, 15) is 4.79 Å². The van der Waals surface area contributed by atoms with E-state index in [1.807, 2.05) is 27.7 Å². The summed E-state index contributed by atoms with van der Waals surface area (Å²) in [5.74, 6) is 0.216. The van der Waals surface area contributed by atoms with E-state index in [2.05, 4.69) is 27.7 Å². The van der Waals surface area contributed by atoms with Crippen molar-refractivity contribution in [2.24, 2.45) is 47.3 Å². The zero-order chi connectivity index (χ0) is 33.8. The molecule has 2 spiro atoms. The Morgan fingerprint density at radius 3 is 1.77 bits per heavy atom. The molecule has 10 aliphatic rings. The summed E-state index contributed by atoms with van der Waals surface area (Å²) in [6.45, 7) is 18.2. The van der Waals surface area contributed by atoms with Gasteiger partial charge in [0.1, 0.15) is 12.2 Å². The number of carbonyl (C=O) groups is 1. The number of hydrogen-bond donors (Lipinski definition) is 0. The van der Waals surface area contributed by atoms with Crippen molar-refractivity contribution in [2.75, 3.05) is 13.1 Å². The summed E-state index contributed by atoms with van der Waals surface area (Å²) in [7, 11) is 0. The lowest BCUT2D eigenvalue weighted by Crippen LogP contribution is -2.72. The van der Waals surface area contributed by atoms with Crippen LogP contribution < -0.4 is 0 Å².